The minimum atomic E-state index is -1.16. The molecule has 2 aromatic carbocycles. The third-order valence-corrected chi connectivity index (χ3v) is 7.98. The second kappa shape index (κ2) is 15.8. The number of anilines is 3. The molecule has 0 saturated carbocycles. The Morgan fingerprint density at radius 2 is 1.88 bits per heavy atom. The lowest BCUT2D eigenvalue weighted by Gasteiger charge is -2.31. The smallest absolute Gasteiger partial charge is 0.326 e. The normalized spacial score (nSPS) is 12.7. The molecule has 0 aliphatic carbocycles. The SMILES string of the molecule is CC.Cc1ccc(C(=O)NCCC[C@H](NC(=O)c2ccc3c(c2)CCCN3Cc2cnc3nc(N)nc(N)c3n2)C(=O)O)c(-c2nn[nH]n2)c1. The Balaban J connectivity index is 0.00000239. The zero-order valence-electron chi connectivity index (χ0n) is 28.0. The fourth-order valence-corrected chi connectivity index (χ4v) is 5.65. The lowest BCUT2D eigenvalue weighted by molar-refractivity contribution is -0.139. The van der Waals surface area contributed by atoms with Crippen molar-refractivity contribution in [1.29, 1.82) is 0 Å². The van der Waals surface area contributed by atoms with Gasteiger partial charge in [0, 0.05) is 29.9 Å². The van der Waals surface area contributed by atoms with Crippen molar-refractivity contribution in [3.63, 3.8) is 0 Å². The van der Waals surface area contributed by atoms with Crippen LogP contribution in [0.1, 0.15) is 70.6 Å². The topological polar surface area (TPSA) is 257 Å². The van der Waals surface area contributed by atoms with Crippen molar-refractivity contribution in [1.82, 2.24) is 51.2 Å². The van der Waals surface area contributed by atoms with Gasteiger partial charge in [0.1, 0.15) is 6.04 Å². The second-order valence-corrected chi connectivity index (χ2v) is 11.4. The number of amides is 2. The van der Waals surface area contributed by atoms with Crippen molar-refractivity contribution in [2.45, 2.75) is 59.0 Å². The van der Waals surface area contributed by atoms with Crippen LogP contribution in [0.25, 0.3) is 22.6 Å². The molecular weight excluding hydrogens is 642 g/mol. The number of nitrogens with one attached hydrogen (secondary N) is 3. The van der Waals surface area contributed by atoms with Crippen LogP contribution in [-0.4, -0.2) is 82.6 Å². The highest BCUT2D eigenvalue weighted by Gasteiger charge is 2.24. The number of fused-ring (bicyclic) bond motifs is 2. The average Bonchev–Trinajstić information content (AvgIpc) is 3.65. The van der Waals surface area contributed by atoms with Crippen molar-refractivity contribution in [3.8, 4) is 11.4 Å². The number of aryl methyl sites for hydroxylation is 2. The van der Waals surface area contributed by atoms with E-state index in [-0.39, 0.29) is 30.6 Å². The van der Waals surface area contributed by atoms with E-state index in [0.717, 1.165) is 36.2 Å². The van der Waals surface area contributed by atoms with Crippen LogP contribution in [0.2, 0.25) is 0 Å². The average molecular weight is 682 g/mol. The summed E-state index contributed by atoms with van der Waals surface area (Å²) in [5.74, 6) is -1.54. The zero-order chi connectivity index (χ0) is 35.8. The van der Waals surface area contributed by atoms with Gasteiger partial charge in [-0.2, -0.15) is 15.2 Å². The summed E-state index contributed by atoms with van der Waals surface area (Å²) >= 11 is 0. The van der Waals surface area contributed by atoms with E-state index >= 15 is 0 Å². The summed E-state index contributed by atoms with van der Waals surface area (Å²) in [7, 11) is 0. The number of hydrogen-bond donors (Lipinski definition) is 6. The van der Waals surface area contributed by atoms with Crippen molar-refractivity contribution in [2.75, 3.05) is 29.5 Å². The van der Waals surface area contributed by atoms with Gasteiger partial charge in [0.2, 0.25) is 11.8 Å². The Hall–Kier alpha value is -6.26. The maximum atomic E-state index is 13.2. The number of nitrogen functional groups attached to an aromatic ring is 2. The van der Waals surface area contributed by atoms with Crippen LogP contribution in [0.5, 0.6) is 0 Å². The first kappa shape index (κ1) is 35.1. The molecule has 260 valence electrons. The standard InChI is InChI=1S/C31H33N13O4.C2H6/c1-16-6-8-20(21(12-16)26-40-42-43-41-26)29(46)34-10-2-5-22(30(47)48)37-28(45)18-7-9-23-17(13-18)4-3-11-44(23)15-19-14-35-27-24(36-19)25(32)38-31(33)39-27;1-2/h6-9,12-14,22H,2-5,10-11,15H2,1H3,(H,34,46)(H,37,45)(H,47,48)(H,40,41,42,43)(H4,32,33,35,38,39);1-2H3/t22-;/m0./s1. The Morgan fingerprint density at radius 1 is 1.06 bits per heavy atom. The van der Waals surface area contributed by atoms with Gasteiger partial charge in [-0.25, -0.2) is 14.8 Å². The van der Waals surface area contributed by atoms with E-state index in [1.54, 1.807) is 36.5 Å². The first-order chi connectivity index (χ1) is 24.2. The van der Waals surface area contributed by atoms with Gasteiger partial charge < -0.3 is 32.1 Å². The number of aromatic amines is 1. The molecule has 0 unspecified atom stereocenters. The van der Waals surface area contributed by atoms with Gasteiger partial charge in [-0.1, -0.05) is 25.5 Å². The predicted molar refractivity (Wildman–Crippen MR) is 186 cm³/mol. The van der Waals surface area contributed by atoms with E-state index in [4.69, 9.17) is 11.5 Å². The molecule has 1 aliphatic rings. The molecule has 1 aliphatic heterocycles. The van der Waals surface area contributed by atoms with Crippen LogP contribution < -0.4 is 27.0 Å². The van der Waals surface area contributed by atoms with Crippen molar-refractivity contribution in [2.24, 2.45) is 0 Å². The number of carboxylic acids is 1. The third kappa shape index (κ3) is 8.05. The molecule has 5 aromatic rings. The molecule has 50 heavy (non-hydrogen) atoms. The number of benzene rings is 2. The van der Waals surface area contributed by atoms with E-state index in [1.165, 1.54) is 0 Å². The van der Waals surface area contributed by atoms with Crippen LogP contribution in [0.15, 0.2) is 42.6 Å². The maximum Gasteiger partial charge on any atom is 0.326 e. The fraction of sp³-hybridized carbons (Fsp3) is 0.333. The van der Waals surface area contributed by atoms with Gasteiger partial charge in [0.05, 0.1) is 24.0 Å². The molecule has 8 N–H and O–H groups in total. The molecule has 0 radical (unpaired) electrons. The molecule has 6 rings (SSSR count). The summed E-state index contributed by atoms with van der Waals surface area (Å²) in [6, 6.07) is 9.44. The van der Waals surface area contributed by atoms with Crippen LogP contribution >= 0.6 is 0 Å². The molecule has 3 aromatic heterocycles. The highest BCUT2D eigenvalue weighted by molar-refractivity contribution is 6.00. The van der Waals surface area contributed by atoms with Crippen LogP contribution in [0.3, 0.4) is 0 Å². The molecular formula is C33H39N13O4. The van der Waals surface area contributed by atoms with Gasteiger partial charge in [0.15, 0.2) is 17.0 Å². The number of nitrogens with zero attached hydrogens (tertiary/aromatic N) is 8. The number of H-pyrrole nitrogens is 1. The van der Waals surface area contributed by atoms with E-state index in [1.807, 2.05) is 26.8 Å². The maximum absolute atomic E-state index is 13.2. The predicted octanol–water partition coefficient (Wildman–Crippen LogP) is 2.44. The molecule has 4 heterocycles. The summed E-state index contributed by atoms with van der Waals surface area (Å²) < 4.78 is 0. The third-order valence-electron chi connectivity index (χ3n) is 7.98. The number of aromatic nitrogens is 8. The van der Waals surface area contributed by atoms with Gasteiger partial charge in [-0.05, 0) is 73.7 Å². The van der Waals surface area contributed by atoms with Crippen molar-refractivity contribution >= 4 is 46.4 Å². The molecule has 2 amide bonds. The summed E-state index contributed by atoms with van der Waals surface area (Å²) in [6.07, 6.45) is 3.66. The first-order valence-electron chi connectivity index (χ1n) is 16.2. The van der Waals surface area contributed by atoms with Crippen molar-refractivity contribution in [3.05, 3.63) is 70.5 Å². The minimum absolute atomic E-state index is 0.0286. The van der Waals surface area contributed by atoms with Crippen LogP contribution in [0.4, 0.5) is 17.5 Å². The van der Waals surface area contributed by atoms with E-state index in [9.17, 15) is 19.5 Å². The Bertz CT molecular complexity index is 2000. The van der Waals surface area contributed by atoms with Crippen molar-refractivity contribution < 1.29 is 19.5 Å². The van der Waals surface area contributed by atoms with Crippen LogP contribution in [-0.2, 0) is 17.8 Å². The summed E-state index contributed by atoms with van der Waals surface area (Å²) in [5.41, 5.74) is 17.1. The van der Waals surface area contributed by atoms with E-state index in [0.29, 0.717) is 52.3 Å². The molecule has 17 nitrogen and oxygen atoms in total. The number of tetrazole rings is 1. The quantitative estimate of drug-likeness (QED) is 0.110. The van der Waals surface area contributed by atoms with E-state index in [2.05, 4.69) is 56.1 Å². The molecule has 0 saturated heterocycles. The molecule has 0 bridgehead atoms. The molecule has 0 fully saturated rings. The summed E-state index contributed by atoms with van der Waals surface area (Å²) in [5, 5.41) is 29.1. The fourth-order valence-electron chi connectivity index (χ4n) is 5.65. The second-order valence-electron chi connectivity index (χ2n) is 11.4. The number of nitrogens with two attached hydrogens (primary N) is 2. The number of hydrogen-bond acceptors (Lipinski definition) is 13. The molecule has 1 atom stereocenters. The monoisotopic (exact) mass is 681 g/mol. The van der Waals surface area contributed by atoms with Crippen LogP contribution in [0, 0.1) is 6.92 Å². The van der Waals surface area contributed by atoms with Gasteiger partial charge in [0.25, 0.3) is 11.8 Å². The highest BCUT2D eigenvalue weighted by atomic mass is 16.4. The lowest BCUT2D eigenvalue weighted by Crippen LogP contribution is -2.41. The summed E-state index contributed by atoms with van der Waals surface area (Å²) in [6.45, 7) is 7.30. The minimum Gasteiger partial charge on any atom is -0.480 e. The lowest BCUT2D eigenvalue weighted by atomic mass is 9.98. The van der Waals surface area contributed by atoms with Gasteiger partial charge in [-0.15, -0.1) is 10.2 Å². The molecule has 17 heteroatoms. The number of carbonyl (C=O) groups excluding carboxylic acids is 2. The Morgan fingerprint density at radius 3 is 2.64 bits per heavy atom. The Kier molecular flexibility index (Phi) is 11.0. The largest absolute Gasteiger partial charge is 0.480 e. The number of carbonyl (C=O) groups is 3. The van der Waals surface area contributed by atoms with Gasteiger partial charge >= 0.3 is 5.97 Å². The first-order valence-corrected chi connectivity index (χ1v) is 16.2. The Labute approximate surface area is 287 Å². The highest BCUT2D eigenvalue weighted by Crippen LogP contribution is 2.30. The number of aliphatic carboxylic acids is 1. The summed E-state index contributed by atoms with van der Waals surface area (Å²) in [4.78, 5) is 57.2. The molecule has 0 spiro atoms. The van der Waals surface area contributed by atoms with E-state index < -0.39 is 17.9 Å². The zero-order valence-corrected chi connectivity index (χ0v) is 28.0. The number of carboxylic acid groups (broad SMARTS) is 1. The number of rotatable bonds is 11. The van der Waals surface area contributed by atoms with Gasteiger partial charge in [-0.3, -0.25) is 9.59 Å².